The van der Waals surface area contributed by atoms with Crippen molar-refractivity contribution in [2.45, 2.75) is 90.6 Å². The van der Waals surface area contributed by atoms with Gasteiger partial charge in [0.2, 0.25) is 0 Å². The lowest BCUT2D eigenvalue weighted by Gasteiger charge is -2.48. The molecule has 2 saturated carbocycles. The van der Waals surface area contributed by atoms with E-state index < -0.39 is 6.17 Å². The Kier molecular flexibility index (Phi) is 8.45. The van der Waals surface area contributed by atoms with Crippen molar-refractivity contribution in [3.8, 4) is 0 Å². The van der Waals surface area contributed by atoms with Gasteiger partial charge in [-0.1, -0.05) is 66.8 Å². The molecule has 2 fully saturated rings. The summed E-state index contributed by atoms with van der Waals surface area (Å²) in [7, 11) is 0. The van der Waals surface area contributed by atoms with E-state index in [9.17, 15) is 0 Å². The number of fused-ring (bicyclic) bond motifs is 1. The maximum Gasteiger partial charge on any atom is 0.126 e. The van der Waals surface area contributed by atoms with Gasteiger partial charge in [-0.05, 0) is 124 Å². The van der Waals surface area contributed by atoms with Crippen LogP contribution in [-0.4, -0.2) is 0 Å². The average molecular weight is 447 g/mol. The lowest BCUT2D eigenvalue weighted by atomic mass is 9.57. The van der Waals surface area contributed by atoms with Crippen LogP contribution in [0.4, 0.5) is 4.39 Å². The first-order chi connectivity index (χ1) is 16.1. The molecule has 0 saturated heterocycles. The molecule has 2 aromatic rings. The zero-order valence-electron chi connectivity index (χ0n) is 20.8. The summed E-state index contributed by atoms with van der Waals surface area (Å²) < 4.78 is 15.5. The molecule has 0 spiro atoms. The second-order valence-corrected chi connectivity index (χ2v) is 10.8. The lowest BCUT2D eigenvalue weighted by Crippen LogP contribution is -2.37. The molecule has 4 rings (SSSR count). The van der Waals surface area contributed by atoms with Crippen LogP contribution in [0.2, 0.25) is 0 Å². The number of halogens is 1. The molecule has 0 bridgehead atoms. The molecule has 1 unspecified atom stereocenters. The number of rotatable bonds is 8. The van der Waals surface area contributed by atoms with Crippen LogP contribution >= 0.6 is 0 Å². The van der Waals surface area contributed by atoms with E-state index >= 15 is 4.39 Å². The van der Waals surface area contributed by atoms with Crippen molar-refractivity contribution in [2.24, 2.45) is 23.2 Å². The Labute approximate surface area is 201 Å². The van der Waals surface area contributed by atoms with Crippen molar-refractivity contribution in [3.05, 3.63) is 72.3 Å². The summed E-state index contributed by atoms with van der Waals surface area (Å²) in [4.78, 5) is 0. The minimum Gasteiger partial charge on any atom is -0.242 e. The van der Waals surface area contributed by atoms with Crippen molar-refractivity contribution in [2.75, 3.05) is 0 Å². The van der Waals surface area contributed by atoms with Crippen LogP contribution in [0, 0.1) is 23.2 Å². The zero-order chi connectivity index (χ0) is 23.1. The van der Waals surface area contributed by atoms with E-state index in [1.165, 1.54) is 64.2 Å². The number of hydrogen-bond donors (Lipinski definition) is 0. The van der Waals surface area contributed by atoms with E-state index in [1.807, 2.05) is 24.3 Å². The Morgan fingerprint density at radius 1 is 0.909 bits per heavy atom. The molecule has 1 heteroatoms. The first-order valence-corrected chi connectivity index (χ1v) is 13.5. The van der Waals surface area contributed by atoms with Crippen molar-refractivity contribution in [3.63, 3.8) is 0 Å². The van der Waals surface area contributed by atoms with E-state index in [0.29, 0.717) is 17.8 Å². The highest BCUT2D eigenvalue weighted by atomic mass is 19.1. The third kappa shape index (κ3) is 5.79. The first kappa shape index (κ1) is 24.2. The second-order valence-electron chi connectivity index (χ2n) is 10.8. The van der Waals surface area contributed by atoms with Gasteiger partial charge in [0.1, 0.15) is 6.17 Å². The topological polar surface area (TPSA) is 0 Å². The highest BCUT2D eigenvalue weighted by molar-refractivity contribution is 5.85. The lowest BCUT2D eigenvalue weighted by molar-refractivity contribution is 0.0291. The van der Waals surface area contributed by atoms with E-state index in [-0.39, 0.29) is 0 Å². The summed E-state index contributed by atoms with van der Waals surface area (Å²) in [5, 5.41) is 2.24. The summed E-state index contributed by atoms with van der Waals surface area (Å²) in [5.74, 6) is 2.18. The van der Waals surface area contributed by atoms with Crippen LogP contribution in [-0.2, 0) is 0 Å². The van der Waals surface area contributed by atoms with Gasteiger partial charge >= 0.3 is 0 Å². The first-order valence-electron chi connectivity index (χ1n) is 13.5. The smallest absolute Gasteiger partial charge is 0.126 e. The number of benzene rings is 2. The third-order valence-electron chi connectivity index (χ3n) is 8.95. The van der Waals surface area contributed by atoms with Gasteiger partial charge in [-0.2, -0.15) is 0 Å². The fraction of sp³-hybridized carbons (Fsp3) is 0.562. The van der Waals surface area contributed by atoms with Crippen molar-refractivity contribution in [1.82, 2.24) is 0 Å². The predicted molar refractivity (Wildman–Crippen MR) is 141 cm³/mol. The van der Waals surface area contributed by atoms with Gasteiger partial charge in [-0.25, -0.2) is 4.39 Å². The zero-order valence-corrected chi connectivity index (χ0v) is 20.8. The minimum atomic E-state index is -0.854. The van der Waals surface area contributed by atoms with Crippen LogP contribution in [0.5, 0.6) is 0 Å². The van der Waals surface area contributed by atoms with Crippen LogP contribution in [0.3, 0.4) is 0 Å². The molecule has 0 aromatic heterocycles. The molecule has 1 atom stereocenters. The van der Waals surface area contributed by atoms with Gasteiger partial charge in [0.05, 0.1) is 0 Å². The Balaban J connectivity index is 1.40. The molecular weight excluding hydrogens is 403 g/mol. The molecule has 178 valence electrons. The fourth-order valence-corrected chi connectivity index (χ4v) is 7.03. The summed E-state index contributed by atoms with van der Waals surface area (Å²) in [5.41, 5.74) is 1.38. The van der Waals surface area contributed by atoms with Crippen LogP contribution in [0.1, 0.15) is 96.2 Å². The summed E-state index contributed by atoms with van der Waals surface area (Å²) in [6.07, 6.45) is 22.1. The van der Waals surface area contributed by atoms with Gasteiger partial charge in [-0.3, -0.25) is 0 Å². The molecular formula is C32H43F. The minimum absolute atomic E-state index is 0.488. The molecule has 2 aromatic carbocycles. The van der Waals surface area contributed by atoms with Gasteiger partial charge in [0.25, 0.3) is 0 Å². The van der Waals surface area contributed by atoms with E-state index in [1.54, 1.807) is 0 Å². The number of alkyl halides is 1. The molecule has 0 radical (unpaired) electrons. The van der Waals surface area contributed by atoms with Crippen molar-refractivity contribution in [1.29, 1.82) is 0 Å². The average Bonchev–Trinajstić information content (AvgIpc) is 2.85. The van der Waals surface area contributed by atoms with Gasteiger partial charge in [-0.15, -0.1) is 0 Å². The summed E-state index contributed by atoms with van der Waals surface area (Å²) in [6.45, 7) is 4.29. The Morgan fingerprint density at radius 3 is 2.36 bits per heavy atom. The SMILES string of the molecule is C/C=C/CCC1(C2CCC(/C=C/C)CC2)CCC(CC(F)c2cccc3ccccc23)CC1. The highest BCUT2D eigenvalue weighted by Crippen LogP contribution is 2.54. The molecule has 2 aliphatic rings. The van der Waals surface area contributed by atoms with Gasteiger partial charge in [0.15, 0.2) is 0 Å². The highest BCUT2D eigenvalue weighted by Gasteiger charge is 2.42. The second kappa shape index (κ2) is 11.5. The van der Waals surface area contributed by atoms with Gasteiger partial charge < -0.3 is 0 Å². The van der Waals surface area contributed by atoms with Gasteiger partial charge in [0, 0.05) is 0 Å². The Hall–Kier alpha value is -1.89. The van der Waals surface area contributed by atoms with Crippen LogP contribution in [0.25, 0.3) is 10.8 Å². The van der Waals surface area contributed by atoms with E-state index in [2.05, 4.69) is 56.4 Å². The summed E-state index contributed by atoms with van der Waals surface area (Å²) in [6, 6.07) is 14.4. The Bertz CT molecular complexity index is 917. The van der Waals surface area contributed by atoms with E-state index in [4.69, 9.17) is 0 Å². The molecule has 0 N–H and O–H groups in total. The number of allylic oxidation sites excluding steroid dienone is 4. The molecule has 33 heavy (non-hydrogen) atoms. The normalized spacial score (nSPS) is 29.7. The van der Waals surface area contributed by atoms with Crippen LogP contribution in [0.15, 0.2) is 66.8 Å². The quantitative estimate of drug-likeness (QED) is 0.354. The maximum absolute atomic E-state index is 15.5. The largest absolute Gasteiger partial charge is 0.242 e. The monoisotopic (exact) mass is 446 g/mol. The third-order valence-corrected chi connectivity index (χ3v) is 8.95. The standard InChI is InChI=1S/C32H43F/c1-3-5-8-21-32(28-17-15-25(10-4-2)16-18-28)22-19-26(20-23-32)24-31(33)30-14-9-12-27-11-6-7-13-29(27)30/h3-7,9-14,25-26,28,31H,8,15-24H2,1-2H3/b5-3+,10-4+. The maximum atomic E-state index is 15.5. The van der Waals surface area contributed by atoms with Crippen LogP contribution < -0.4 is 0 Å². The predicted octanol–water partition coefficient (Wildman–Crippen LogP) is 10.2. The fourth-order valence-electron chi connectivity index (χ4n) is 7.03. The molecule has 0 aliphatic heterocycles. The molecule has 2 aliphatic carbocycles. The summed E-state index contributed by atoms with van der Waals surface area (Å²) >= 11 is 0. The van der Waals surface area contributed by atoms with Crippen molar-refractivity contribution >= 4 is 10.8 Å². The Morgan fingerprint density at radius 2 is 1.64 bits per heavy atom. The molecule has 0 heterocycles. The van der Waals surface area contributed by atoms with Crippen molar-refractivity contribution < 1.29 is 4.39 Å². The molecule has 0 nitrogen and oxygen atoms in total. The van der Waals surface area contributed by atoms with E-state index in [0.717, 1.165) is 28.2 Å². The number of hydrogen-bond acceptors (Lipinski definition) is 0. The molecule has 0 amide bonds.